The molecule has 1 unspecified atom stereocenters. The zero-order chi connectivity index (χ0) is 25.3. The van der Waals surface area contributed by atoms with Crippen molar-refractivity contribution in [1.82, 2.24) is 19.9 Å². The molecule has 36 heavy (non-hydrogen) atoms. The SMILES string of the molecule is CCC(C(N)=O)(c1cc(NC2CNC2)ccc1C)n1cccc2nc(SCc3ccc(C)cc3)nc1-2. The first-order chi connectivity index (χ1) is 17.4. The molecule has 2 aromatic rings. The smallest absolute Gasteiger partial charge is 0.248 e. The molecule has 3 aliphatic heterocycles. The maximum absolute atomic E-state index is 13.3. The van der Waals surface area contributed by atoms with Gasteiger partial charge in [-0.05, 0) is 61.2 Å². The number of aromatic nitrogens is 3. The van der Waals surface area contributed by atoms with E-state index in [2.05, 4.69) is 60.0 Å². The van der Waals surface area contributed by atoms with Crippen LogP contribution in [0, 0.1) is 13.8 Å². The molecule has 0 radical (unpaired) electrons. The number of rotatable bonds is 9. The summed E-state index contributed by atoms with van der Waals surface area (Å²) in [6.07, 6.45) is 2.38. The fourth-order valence-electron chi connectivity index (χ4n) is 4.81. The van der Waals surface area contributed by atoms with Gasteiger partial charge in [0.25, 0.3) is 0 Å². The van der Waals surface area contributed by atoms with E-state index >= 15 is 0 Å². The van der Waals surface area contributed by atoms with Gasteiger partial charge < -0.3 is 20.9 Å². The molecule has 3 heterocycles. The van der Waals surface area contributed by atoms with Crippen LogP contribution < -0.4 is 16.4 Å². The van der Waals surface area contributed by atoms with Crippen molar-refractivity contribution in [3.8, 4) is 11.5 Å². The van der Waals surface area contributed by atoms with Crippen molar-refractivity contribution < 1.29 is 4.79 Å². The van der Waals surface area contributed by atoms with Gasteiger partial charge in [0, 0.05) is 30.7 Å². The number of anilines is 1. The van der Waals surface area contributed by atoms with Crippen LogP contribution >= 0.6 is 11.8 Å². The number of fused-ring (bicyclic) bond motifs is 1. The van der Waals surface area contributed by atoms with Crippen LogP contribution in [0.25, 0.3) is 11.5 Å². The van der Waals surface area contributed by atoms with E-state index < -0.39 is 11.4 Å². The second kappa shape index (κ2) is 9.95. The first kappa shape index (κ1) is 24.3. The Morgan fingerprint density at radius 1 is 1.17 bits per heavy atom. The average molecular weight is 501 g/mol. The predicted octanol–water partition coefficient (Wildman–Crippen LogP) is 4.31. The number of benzene rings is 2. The molecule has 7 nitrogen and oxygen atoms in total. The molecule has 186 valence electrons. The fraction of sp³-hybridized carbons (Fsp3) is 0.321. The highest BCUT2D eigenvalue weighted by molar-refractivity contribution is 7.98. The second-order valence-electron chi connectivity index (χ2n) is 9.47. The number of nitrogens with one attached hydrogen (secondary N) is 2. The molecular weight excluding hydrogens is 468 g/mol. The molecule has 8 heteroatoms. The highest BCUT2D eigenvalue weighted by atomic mass is 32.2. The van der Waals surface area contributed by atoms with Crippen molar-refractivity contribution >= 4 is 23.4 Å². The number of pyridine rings is 1. The lowest BCUT2D eigenvalue weighted by molar-refractivity contribution is -0.124. The minimum absolute atomic E-state index is 0.385. The van der Waals surface area contributed by atoms with E-state index in [1.807, 2.05) is 36.7 Å². The van der Waals surface area contributed by atoms with E-state index in [1.54, 1.807) is 11.8 Å². The summed E-state index contributed by atoms with van der Waals surface area (Å²) >= 11 is 1.59. The molecule has 1 atom stereocenters. The number of aryl methyl sites for hydroxylation is 2. The van der Waals surface area contributed by atoms with Crippen molar-refractivity contribution in [1.29, 1.82) is 0 Å². The number of nitrogens with zero attached hydrogens (tertiary/aromatic N) is 3. The molecule has 0 aliphatic carbocycles. The number of carbonyl (C=O) groups is 1. The van der Waals surface area contributed by atoms with Gasteiger partial charge in [-0.15, -0.1) is 0 Å². The van der Waals surface area contributed by atoms with Crippen LogP contribution in [0.15, 0.2) is 66.0 Å². The van der Waals surface area contributed by atoms with Crippen LogP contribution in [0.5, 0.6) is 0 Å². The Morgan fingerprint density at radius 2 is 1.94 bits per heavy atom. The van der Waals surface area contributed by atoms with Crippen LogP contribution in [0.1, 0.15) is 35.6 Å². The lowest BCUT2D eigenvalue weighted by atomic mass is 9.82. The molecule has 5 rings (SSSR count). The lowest BCUT2D eigenvalue weighted by Gasteiger charge is -2.36. The summed E-state index contributed by atoms with van der Waals surface area (Å²) in [4.78, 5) is 23.0. The molecule has 1 amide bonds. The fourth-order valence-corrected chi connectivity index (χ4v) is 5.61. The summed E-state index contributed by atoms with van der Waals surface area (Å²) in [6, 6.07) is 18.9. The third-order valence-corrected chi connectivity index (χ3v) is 7.94. The van der Waals surface area contributed by atoms with Crippen LogP contribution in [0.2, 0.25) is 0 Å². The topological polar surface area (TPSA) is 97.9 Å². The molecular formula is C28H32N6OS. The Labute approximate surface area is 216 Å². The van der Waals surface area contributed by atoms with Gasteiger partial charge >= 0.3 is 0 Å². The summed E-state index contributed by atoms with van der Waals surface area (Å²) in [6.45, 7) is 7.96. The van der Waals surface area contributed by atoms with Gasteiger partial charge in [0.1, 0.15) is 11.2 Å². The molecule has 0 saturated carbocycles. The maximum atomic E-state index is 13.3. The third-order valence-electron chi connectivity index (χ3n) is 7.02. The number of primary amides is 1. The summed E-state index contributed by atoms with van der Waals surface area (Å²) in [5.74, 6) is 1.02. The Morgan fingerprint density at radius 3 is 2.61 bits per heavy atom. The molecule has 3 aliphatic rings. The van der Waals surface area contributed by atoms with E-state index in [1.165, 1.54) is 11.1 Å². The van der Waals surface area contributed by atoms with E-state index in [9.17, 15) is 4.79 Å². The van der Waals surface area contributed by atoms with E-state index in [0.29, 0.717) is 23.4 Å². The molecule has 4 N–H and O–H groups in total. The van der Waals surface area contributed by atoms with Crippen molar-refractivity contribution in [2.24, 2.45) is 5.73 Å². The number of carbonyl (C=O) groups excluding carboxylic acids is 1. The van der Waals surface area contributed by atoms with Gasteiger partial charge in [-0.1, -0.05) is 54.6 Å². The molecule has 1 fully saturated rings. The van der Waals surface area contributed by atoms with Crippen molar-refractivity contribution in [3.63, 3.8) is 0 Å². The van der Waals surface area contributed by atoms with Gasteiger partial charge in [0.2, 0.25) is 5.91 Å². The Kier molecular flexibility index (Phi) is 6.73. The Bertz CT molecular complexity index is 1350. The van der Waals surface area contributed by atoms with Gasteiger partial charge in [-0.3, -0.25) is 4.79 Å². The first-order valence-corrected chi connectivity index (χ1v) is 13.3. The minimum Gasteiger partial charge on any atom is -0.380 e. The number of imidazole rings is 1. The average Bonchev–Trinajstić information content (AvgIpc) is 3.27. The van der Waals surface area contributed by atoms with Crippen molar-refractivity contribution in [2.45, 2.75) is 49.7 Å². The standard InChI is InChI=1S/C28H32N6OS/c1-4-28(26(29)35,23-14-21(12-9-19(23)3)31-22-15-30-16-22)34-13-5-6-24-25(34)33-27(32-24)36-17-20-10-7-18(2)8-11-20/h5-14,22,30-31H,4,15-17H2,1-3H3,(H2,29,35). The van der Waals surface area contributed by atoms with Crippen LogP contribution in [0.3, 0.4) is 0 Å². The number of nitrogens with two attached hydrogens (primary N) is 1. The first-order valence-electron chi connectivity index (χ1n) is 12.3. The lowest BCUT2D eigenvalue weighted by Crippen LogP contribution is -2.51. The molecule has 0 bridgehead atoms. The van der Waals surface area contributed by atoms with Gasteiger partial charge in [-0.25, -0.2) is 9.97 Å². The van der Waals surface area contributed by atoms with E-state index in [-0.39, 0.29) is 0 Å². The molecule has 0 spiro atoms. The van der Waals surface area contributed by atoms with Crippen LogP contribution in [-0.2, 0) is 16.1 Å². The number of hydrogen-bond acceptors (Lipinski definition) is 6. The molecule has 0 aromatic heterocycles. The second-order valence-corrected chi connectivity index (χ2v) is 10.4. The highest BCUT2D eigenvalue weighted by Crippen LogP contribution is 2.38. The van der Waals surface area contributed by atoms with Crippen molar-refractivity contribution in [3.05, 3.63) is 83.0 Å². The molecule has 1 saturated heterocycles. The van der Waals surface area contributed by atoms with E-state index in [0.717, 1.165) is 41.4 Å². The number of hydrogen-bond donors (Lipinski definition) is 3. The summed E-state index contributed by atoms with van der Waals surface area (Å²) < 4.78 is 1.92. The van der Waals surface area contributed by atoms with Crippen LogP contribution in [0.4, 0.5) is 5.69 Å². The van der Waals surface area contributed by atoms with E-state index in [4.69, 9.17) is 15.7 Å². The van der Waals surface area contributed by atoms with Crippen molar-refractivity contribution in [2.75, 3.05) is 18.4 Å². The maximum Gasteiger partial charge on any atom is 0.248 e. The highest BCUT2D eigenvalue weighted by Gasteiger charge is 2.42. The number of thioether (sulfide) groups is 1. The molecule has 2 aromatic carbocycles. The third kappa shape index (κ3) is 4.47. The zero-order valence-electron chi connectivity index (χ0n) is 20.9. The summed E-state index contributed by atoms with van der Waals surface area (Å²) in [5, 5.41) is 7.52. The Hall–Kier alpha value is -3.36. The number of amides is 1. The normalized spacial score (nSPS) is 15.4. The van der Waals surface area contributed by atoms with Gasteiger partial charge in [-0.2, -0.15) is 0 Å². The largest absolute Gasteiger partial charge is 0.380 e. The monoisotopic (exact) mass is 500 g/mol. The quantitative estimate of drug-likeness (QED) is 0.296. The van der Waals surface area contributed by atoms with Gasteiger partial charge in [0.05, 0.1) is 6.04 Å². The minimum atomic E-state index is -1.10. The Balaban J connectivity index is 1.54. The van der Waals surface area contributed by atoms with Crippen LogP contribution in [-0.4, -0.2) is 39.6 Å². The van der Waals surface area contributed by atoms with Gasteiger partial charge in [0.15, 0.2) is 11.0 Å². The summed E-state index contributed by atoms with van der Waals surface area (Å²) in [5.41, 5.74) is 11.2. The predicted molar refractivity (Wildman–Crippen MR) is 145 cm³/mol. The zero-order valence-corrected chi connectivity index (χ0v) is 21.7. The summed E-state index contributed by atoms with van der Waals surface area (Å²) in [7, 11) is 0.